The summed E-state index contributed by atoms with van der Waals surface area (Å²) in [6.07, 6.45) is -11.0. The Morgan fingerprint density at radius 3 is 0.872 bits per heavy atom. The first-order chi connectivity index (χ1) is 51.5. The van der Waals surface area contributed by atoms with Crippen molar-refractivity contribution < 1.29 is 117 Å². The van der Waals surface area contributed by atoms with Crippen LogP contribution in [0.4, 0.5) is 0 Å². The van der Waals surface area contributed by atoms with E-state index < -0.39 is 288 Å². The molecule has 4 aromatic rings. The second-order valence-electron chi connectivity index (χ2n) is 25.2. The molecule has 3 aromatic carbocycles. The van der Waals surface area contributed by atoms with Crippen LogP contribution in [0.2, 0.25) is 0 Å². The predicted molar refractivity (Wildman–Crippen MR) is 368 cm³/mol. The molecule has 590 valence electrons. The molecule has 109 heavy (non-hydrogen) atoms. The number of carbonyl (C=O) groups is 19. The van der Waals surface area contributed by atoms with Crippen molar-refractivity contribution in [3.8, 4) is 0 Å². The number of rotatable bonds is 51. The maximum absolute atomic E-state index is 15.0. The average molecular weight is 1520 g/mol. The molecule has 0 aliphatic carbocycles. The van der Waals surface area contributed by atoms with Crippen molar-refractivity contribution in [1.82, 2.24) is 58.2 Å². The molecule has 0 unspecified atom stereocenters. The van der Waals surface area contributed by atoms with E-state index >= 15 is 4.79 Å². The van der Waals surface area contributed by atoms with Crippen LogP contribution in [-0.4, -0.2) is 189 Å². The Balaban J connectivity index is 1.76. The molecule has 0 fully saturated rings. The number of aliphatic carboxylic acids is 5. The first-order valence-corrected chi connectivity index (χ1v) is 34.1. The molecule has 0 spiro atoms. The van der Waals surface area contributed by atoms with Crippen LogP contribution in [0, 0.1) is 0 Å². The number of carbonyl (C=O) groups excluding carboxylic acids is 18. The van der Waals surface area contributed by atoms with E-state index in [0.29, 0.717) is 27.6 Å². The van der Waals surface area contributed by atoms with Crippen molar-refractivity contribution in [3.05, 3.63) is 108 Å². The summed E-state index contributed by atoms with van der Waals surface area (Å²) in [6, 6.07) is 1.48. The second kappa shape index (κ2) is 44.8. The van der Waals surface area contributed by atoms with E-state index in [4.69, 9.17) is 28.7 Å². The highest BCUT2D eigenvalue weighted by atomic mass is 16.4. The molecule has 14 amide bonds. The van der Waals surface area contributed by atoms with Gasteiger partial charge in [-0.3, -0.25) is 67.1 Å². The number of aromatic amines is 1. The van der Waals surface area contributed by atoms with E-state index in [2.05, 4.69) is 58.2 Å². The van der Waals surface area contributed by atoms with Crippen molar-refractivity contribution in [3.63, 3.8) is 0 Å². The number of primary amides is 4. The van der Waals surface area contributed by atoms with E-state index in [-0.39, 0.29) is 12.8 Å². The van der Waals surface area contributed by atoms with Gasteiger partial charge in [0.05, 0.1) is 6.04 Å². The van der Waals surface area contributed by atoms with Gasteiger partial charge in [-0.1, -0.05) is 78.9 Å². The summed E-state index contributed by atoms with van der Waals surface area (Å²) in [5.41, 5.74) is 28.2. The number of nitrogens with one attached hydrogen (secondary N) is 11. The maximum Gasteiger partial charge on any atom is 0.326 e. The highest BCUT2D eigenvalue weighted by Crippen LogP contribution is 2.21. The summed E-state index contributed by atoms with van der Waals surface area (Å²) < 4.78 is 0. The largest absolute Gasteiger partial charge is 0.550 e. The molecule has 0 radical (unpaired) electrons. The van der Waals surface area contributed by atoms with Crippen molar-refractivity contribution in [2.24, 2.45) is 28.7 Å². The number of amides is 14. The molecule has 22 N–H and O–H groups in total. The van der Waals surface area contributed by atoms with E-state index in [1.54, 1.807) is 36.4 Å². The number of carboxylic acid groups (broad SMARTS) is 5. The van der Waals surface area contributed by atoms with Gasteiger partial charge in [0, 0.05) is 85.9 Å². The van der Waals surface area contributed by atoms with Gasteiger partial charge in [-0.15, -0.1) is 0 Å². The predicted octanol–water partition coefficient (Wildman–Crippen LogP) is -10.4. The lowest BCUT2D eigenvalue weighted by molar-refractivity contribution is -0.307. The Morgan fingerprint density at radius 2 is 0.560 bits per heavy atom. The Hall–Kier alpha value is -12.9. The number of aromatic nitrogens is 1. The molecular weight excluding hydrogens is 1440 g/mol. The summed E-state index contributed by atoms with van der Waals surface area (Å²) in [5.74, 6) is -24.9. The van der Waals surface area contributed by atoms with E-state index in [1.165, 1.54) is 54.7 Å². The summed E-state index contributed by atoms with van der Waals surface area (Å²) in [6.45, 7) is 0. The zero-order valence-electron chi connectivity index (χ0n) is 58.7. The molecular formula is C69H86N16O24-4. The summed E-state index contributed by atoms with van der Waals surface area (Å²) in [5, 5.41) is 81.3. The number of para-hydroxylation sites is 1. The number of fused-ring (bicyclic) bond motifs is 1. The minimum Gasteiger partial charge on any atom is -0.550 e. The lowest BCUT2D eigenvalue weighted by Crippen LogP contribution is -2.61. The van der Waals surface area contributed by atoms with Crippen LogP contribution in [-0.2, 0) is 110 Å². The lowest BCUT2D eigenvalue weighted by atomic mass is 10.0. The quantitative estimate of drug-likeness (QED) is 0.0195. The monoisotopic (exact) mass is 1520 g/mol. The number of carboxylic acids is 5. The standard InChI is InChI=1S/C69H90N16O24/c70-39(15-23-51(71)86)59(98)76-41(16-24-52(72)87)60(99)78-44(20-28-56(92)93)63(102)83-49(32-36-11-5-2-6-12-36)67(106)80-46(22-30-58(96)97)65(104)85-50(33-37-34-75-40-14-8-7-13-38(37)40)68(107)81-45(21-29-57(94)95)64(103)84-48(31-35-9-3-1-4-10-35)66(105)79-43(19-27-55(90)91)61(100)77-42(17-25-53(73)88)62(101)82-47(69(108)109)18-26-54(74)89/h1-14,34,39,41-50,75H,15-33,70H2,(H2,71,86)(H2,72,87)(H2,73,88)(H2,74,89)(H,76,98)(H,77,100)(H,78,99)(H,79,105)(H,80,106)(H,81,107)(H,82,101)(H,83,102)(H,84,103)(H,85,104)(H,90,91)(H,92,93)(H,94,95)(H,96,97)(H,108,109)/p-4/t39-,41-,42-,43-,44-,45-,46-,47-,48-,49-,50-/m0/s1. The van der Waals surface area contributed by atoms with Crippen molar-refractivity contribution >= 4 is 123 Å². The Kier molecular flexibility index (Phi) is 36.4. The Bertz CT molecular complexity index is 3950. The topological polar surface area (TPSA) is 703 Å². The highest BCUT2D eigenvalue weighted by Gasteiger charge is 2.37. The van der Waals surface area contributed by atoms with Gasteiger partial charge in [-0.2, -0.15) is 0 Å². The number of hydrogen-bond acceptors (Lipinski definition) is 24. The van der Waals surface area contributed by atoms with Gasteiger partial charge in [0.15, 0.2) is 0 Å². The summed E-state index contributed by atoms with van der Waals surface area (Å²) in [4.78, 5) is 253. The first kappa shape index (κ1) is 88.5. The third-order valence-electron chi connectivity index (χ3n) is 16.6. The molecule has 0 aliphatic rings. The van der Waals surface area contributed by atoms with Crippen LogP contribution in [0.25, 0.3) is 10.9 Å². The molecule has 0 saturated heterocycles. The number of nitrogens with two attached hydrogens (primary N) is 5. The van der Waals surface area contributed by atoms with Gasteiger partial charge >= 0.3 is 5.97 Å². The molecule has 1 heterocycles. The molecule has 40 nitrogen and oxygen atoms in total. The minimum absolute atomic E-state index is 0.288. The molecule has 4 rings (SSSR count). The summed E-state index contributed by atoms with van der Waals surface area (Å²) in [7, 11) is 0. The fraction of sp³-hybridized carbons (Fsp3) is 0.435. The number of benzene rings is 3. The molecule has 0 bridgehead atoms. The van der Waals surface area contributed by atoms with E-state index in [1.807, 2.05) is 0 Å². The molecule has 40 heteroatoms. The van der Waals surface area contributed by atoms with Gasteiger partial charge in [0.2, 0.25) is 82.7 Å². The lowest BCUT2D eigenvalue weighted by Gasteiger charge is -2.29. The fourth-order valence-electron chi connectivity index (χ4n) is 10.8. The second-order valence-corrected chi connectivity index (χ2v) is 25.2. The Labute approximate surface area is 621 Å². The third-order valence-corrected chi connectivity index (χ3v) is 16.6. The molecule has 1 aromatic heterocycles. The maximum atomic E-state index is 15.0. The van der Waals surface area contributed by atoms with Crippen molar-refractivity contribution in [2.45, 2.75) is 188 Å². The van der Waals surface area contributed by atoms with Crippen LogP contribution in [0.5, 0.6) is 0 Å². The van der Waals surface area contributed by atoms with Crippen LogP contribution < -0.4 is 102 Å². The molecule has 0 aliphatic heterocycles. The van der Waals surface area contributed by atoms with E-state index in [9.17, 15) is 112 Å². The summed E-state index contributed by atoms with van der Waals surface area (Å²) >= 11 is 0. The SMILES string of the molecule is NC(=O)CC[C@H](NC(=O)[C@H](CCC(N)=O)NC(=O)[C@H](CCC(=O)[O-])NC(=O)[C@H](Cc1ccccc1)NC(=O)[C@H](CCC(=O)[O-])NC(=O)[C@H](Cc1c[nH]c2ccccc12)NC(=O)[C@H](CCC(=O)[O-])NC(=O)[C@H](Cc1ccccc1)NC(=O)[C@H](CCC(=O)[O-])NC(=O)[C@H](CCC(N)=O)NC(=O)[C@@H](N)CCC(N)=O)C(=O)O. The zero-order chi connectivity index (χ0) is 81.0. The third kappa shape index (κ3) is 32.6. The smallest absolute Gasteiger partial charge is 0.326 e. The molecule has 0 saturated carbocycles. The first-order valence-electron chi connectivity index (χ1n) is 34.1. The van der Waals surface area contributed by atoms with Gasteiger partial charge in [-0.05, 0) is 99.8 Å². The van der Waals surface area contributed by atoms with Crippen LogP contribution in [0.1, 0.15) is 119 Å². The van der Waals surface area contributed by atoms with Crippen LogP contribution in [0.15, 0.2) is 91.1 Å². The van der Waals surface area contributed by atoms with Crippen LogP contribution >= 0.6 is 0 Å². The number of H-pyrrole nitrogens is 1. The van der Waals surface area contributed by atoms with Crippen LogP contribution in [0.3, 0.4) is 0 Å². The number of hydrogen-bond donors (Lipinski definition) is 17. The van der Waals surface area contributed by atoms with Gasteiger partial charge in [0.25, 0.3) is 0 Å². The van der Waals surface area contributed by atoms with Gasteiger partial charge in [0.1, 0.15) is 60.4 Å². The zero-order valence-corrected chi connectivity index (χ0v) is 58.7. The minimum atomic E-state index is -2.02. The van der Waals surface area contributed by atoms with E-state index in [0.717, 1.165) is 0 Å². The highest BCUT2D eigenvalue weighted by molar-refractivity contribution is 6.00. The Morgan fingerprint density at radius 1 is 0.312 bits per heavy atom. The normalized spacial score (nSPS) is 14.0. The van der Waals surface area contributed by atoms with Gasteiger partial charge in [-0.25, -0.2) is 4.79 Å². The average Bonchev–Trinajstić information content (AvgIpc) is 1.77. The van der Waals surface area contributed by atoms with Crippen molar-refractivity contribution in [2.75, 3.05) is 0 Å². The fourth-order valence-corrected chi connectivity index (χ4v) is 10.8. The van der Waals surface area contributed by atoms with Crippen molar-refractivity contribution in [1.29, 1.82) is 0 Å². The molecule has 11 atom stereocenters. The van der Waals surface area contributed by atoms with Gasteiger partial charge < -0.3 is 132 Å².